The number of nitrogens with one attached hydrogen (secondary N) is 1. The number of aromatic nitrogens is 3. The molecule has 0 aliphatic rings. The van der Waals surface area contributed by atoms with E-state index >= 15 is 0 Å². The lowest BCUT2D eigenvalue weighted by Crippen LogP contribution is -2.36. The number of imidazole rings is 1. The molecule has 8 nitrogen and oxygen atoms in total. The van der Waals surface area contributed by atoms with Crippen LogP contribution in [0.3, 0.4) is 0 Å². The number of nitrogens with zero attached hydrogens (tertiary/aromatic N) is 4. The van der Waals surface area contributed by atoms with Crippen molar-refractivity contribution in [2.75, 3.05) is 20.6 Å². The van der Waals surface area contributed by atoms with E-state index in [1.807, 2.05) is 24.3 Å². The Morgan fingerprint density at radius 3 is 2.32 bits per heavy atom. The van der Waals surface area contributed by atoms with Gasteiger partial charge in [0.1, 0.15) is 0 Å². The van der Waals surface area contributed by atoms with E-state index in [0.29, 0.717) is 28.6 Å². The summed E-state index contributed by atoms with van der Waals surface area (Å²) in [6, 6.07) is 16.0. The first-order chi connectivity index (χ1) is 17.8. The van der Waals surface area contributed by atoms with Crippen LogP contribution in [0.4, 0.5) is 0 Å². The van der Waals surface area contributed by atoms with E-state index in [4.69, 9.17) is 16.6 Å². The lowest BCUT2D eigenvalue weighted by molar-refractivity contribution is -0.127. The molecule has 0 saturated heterocycles. The van der Waals surface area contributed by atoms with Crippen molar-refractivity contribution in [1.82, 2.24) is 24.2 Å². The Balaban J connectivity index is 1.71. The van der Waals surface area contributed by atoms with Gasteiger partial charge in [-0.1, -0.05) is 55.6 Å². The quantitative estimate of drug-likeness (QED) is 0.330. The molecule has 0 atom stereocenters. The van der Waals surface area contributed by atoms with Crippen molar-refractivity contribution in [1.29, 1.82) is 0 Å². The highest BCUT2D eigenvalue weighted by atomic mass is 35.5. The number of halogens is 1. The number of rotatable bonds is 9. The molecule has 37 heavy (non-hydrogen) atoms. The first-order valence-electron chi connectivity index (χ1n) is 12.3. The van der Waals surface area contributed by atoms with Crippen LogP contribution in [0.25, 0.3) is 28.3 Å². The first kappa shape index (κ1) is 26.2. The fraction of sp³-hybridized carbons (Fsp3) is 0.286. The van der Waals surface area contributed by atoms with Gasteiger partial charge in [-0.25, -0.2) is 4.98 Å². The number of hydrogen-bond donors (Lipinski definition) is 1. The third kappa shape index (κ3) is 5.91. The monoisotopic (exact) mass is 519 g/mol. The predicted molar refractivity (Wildman–Crippen MR) is 146 cm³/mol. The summed E-state index contributed by atoms with van der Waals surface area (Å²) in [4.78, 5) is 43.6. The smallest absolute Gasteiger partial charge is 0.259 e. The number of hydrogen-bond acceptors (Lipinski definition) is 4. The number of likely N-dealkylation sites (N-methyl/N-ethyl adjacent to an activating group) is 1. The van der Waals surface area contributed by atoms with Crippen LogP contribution in [0.1, 0.15) is 36.5 Å². The Morgan fingerprint density at radius 1 is 1.00 bits per heavy atom. The SMILES string of the molecule is CCCCCn1c(-c2ccc(C(=O)NCC(=O)N(C)C)cc2)cc(=O)n2cc(-c3ccc(Cl)cc3)nc12. The van der Waals surface area contributed by atoms with E-state index in [1.54, 1.807) is 55.0 Å². The number of amides is 2. The zero-order valence-electron chi connectivity index (χ0n) is 21.2. The van der Waals surface area contributed by atoms with E-state index in [2.05, 4.69) is 16.8 Å². The lowest BCUT2D eigenvalue weighted by Gasteiger charge is -2.15. The summed E-state index contributed by atoms with van der Waals surface area (Å²) in [6.45, 7) is 2.77. The minimum atomic E-state index is -0.335. The summed E-state index contributed by atoms with van der Waals surface area (Å²) in [5.41, 5.74) is 3.34. The Bertz CT molecular complexity index is 1470. The average molecular weight is 520 g/mol. The van der Waals surface area contributed by atoms with E-state index in [0.717, 1.165) is 36.1 Å². The molecule has 4 aromatic rings. The summed E-state index contributed by atoms with van der Waals surface area (Å²) in [6.07, 6.45) is 4.80. The molecule has 0 aliphatic carbocycles. The summed E-state index contributed by atoms with van der Waals surface area (Å²) >= 11 is 6.04. The molecule has 4 rings (SSSR count). The first-order valence-corrected chi connectivity index (χ1v) is 12.6. The molecular formula is C28H30ClN5O3. The Labute approximate surface area is 220 Å². The van der Waals surface area contributed by atoms with Crippen molar-refractivity contribution in [3.8, 4) is 22.5 Å². The van der Waals surface area contributed by atoms with Gasteiger partial charge in [0.15, 0.2) is 0 Å². The molecule has 192 valence electrons. The van der Waals surface area contributed by atoms with Crippen LogP contribution < -0.4 is 10.9 Å². The summed E-state index contributed by atoms with van der Waals surface area (Å²) in [5, 5.41) is 3.27. The molecule has 1 N–H and O–H groups in total. The third-order valence-electron chi connectivity index (χ3n) is 6.18. The Hall–Kier alpha value is -3.91. The van der Waals surface area contributed by atoms with Crippen molar-refractivity contribution < 1.29 is 9.59 Å². The van der Waals surface area contributed by atoms with Gasteiger partial charge >= 0.3 is 0 Å². The fourth-order valence-corrected chi connectivity index (χ4v) is 4.17. The second-order valence-electron chi connectivity index (χ2n) is 9.08. The van der Waals surface area contributed by atoms with Gasteiger partial charge in [-0.3, -0.25) is 18.8 Å². The third-order valence-corrected chi connectivity index (χ3v) is 6.44. The van der Waals surface area contributed by atoms with Crippen molar-refractivity contribution in [3.05, 3.63) is 81.7 Å². The standard InChI is InChI=1S/C28H30ClN5O3/c1-4-5-6-15-33-24(20-7-9-21(10-8-20)27(37)30-17-26(36)32(2)3)16-25(35)34-18-23(31-28(33)34)19-11-13-22(29)14-12-19/h7-14,16,18H,4-6,15,17H2,1-3H3,(H,30,37). The Kier molecular flexibility index (Phi) is 8.08. The maximum atomic E-state index is 13.1. The van der Waals surface area contributed by atoms with Gasteiger partial charge in [0.25, 0.3) is 11.5 Å². The van der Waals surface area contributed by atoms with Crippen LogP contribution in [-0.2, 0) is 11.3 Å². The van der Waals surface area contributed by atoms with Crippen molar-refractivity contribution in [3.63, 3.8) is 0 Å². The highest BCUT2D eigenvalue weighted by Gasteiger charge is 2.16. The van der Waals surface area contributed by atoms with Crippen LogP contribution >= 0.6 is 11.6 Å². The van der Waals surface area contributed by atoms with Crippen LogP contribution in [0.15, 0.2) is 65.6 Å². The van der Waals surface area contributed by atoms with Crippen LogP contribution in [0.2, 0.25) is 5.02 Å². The van der Waals surface area contributed by atoms with E-state index in [-0.39, 0.29) is 23.9 Å². The fourth-order valence-electron chi connectivity index (χ4n) is 4.04. The van der Waals surface area contributed by atoms with Gasteiger partial charge in [-0.2, -0.15) is 0 Å². The van der Waals surface area contributed by atoms with Gasteiger partial charge in [0, 0.05) is 49.1 Å². The van der Waals surface area contributed by atoms with Gasteiger partial charge in [0.05, 0.1) is 17.9 Å². The largest absolute Gasteiger partial charge is 0.347 e. The molecule has 2 amide bonds. The highest BCUT2D eigenvalue weighted by molar-refractivity contribution is 6.30. The van der Waals surface area contributed by atoms with Crippen molar-refractivity contribution >= 4 is 29.2 Å². The van der Waals surface area contributed by atoms with E-state index in [1.165, 1.54) is 4.90 Å². The number of carbonyl (C=O) groups is 2. The number of benzene rings is 2. The number of carbonyl (C=O) groups excluding carboxylic acids is 2. The lowest BCUT2D eigenvalue weighted by atomic mass is 10.1. The van der Waals surface area contributed by atoms with Crippen molar-refractivity contribution in [2.24, 2.45) is 0 Å². The van der Waals surface area contributed by atoms with E-state index < -0.39 is 0 Å². The maximum Gasteiger partial charge on any atom is 0.259 e. The van der Waals surface area contributed by atoms with Gasteiger partial charge in [0.2, 0.25) is 11.7 Å². The van der Waals surface area contributed by atoms with Crippen LogP contribution in [0, 0.1) is 0 Å². The number of unbranched alkanes of at least 4 members (excludes halogenated alkanes) is 2. The maximum absolute atomic E-state index is 13.1. The predicted octanol–water partition coefficient (Wildman–Crippen LogP) is 4.49. The number of fused-ring (bicyclic) bond motifs is 1. The zero-order chi connectivity index (χ0) is 26.5. The minimum absolute atomic E-state index is 0.0724. The second-order valence-corrected chi connectivity index (χ2v) is 9.51. The molecule has 0 saturated carbocycles. The molecule has 0 aliphatic heterocycles. The molecule has 0 spiro atoms. The molecule has 0 unspecified atom stereocenters. The van der Waals surface area contributed by atoms with Gasteiger partial charge < -0.3 is 14.8 Å². The average Bonchev–Trinajstić information content (AvgIpc) is 3.35. The normalized spacial score (nSPS) is 11.0. The number of aryl methyl sites for hydroxylation is 1. The molecule has 0 fully saturated rings. The molecule has 2 aromatic carbocycles. The summed E-state index contributed by atoms with van der Waals surface area (Å²) < 4.78 is 3.63. The van der Waals surface area contributed by atoms with Crippen molar-refractivity contribution in [2.45, 2.75) is 32.7 Å². The van der Waals surface area contributed by atoms with E-state index in [9.17, 15) is 14.4 Å². The summed E-state index contributed by atoms with van der Waals surface area (Å²) in [5.74, 6) is 0.0398. The van der Waals surface area contributed by atoms with Gasteiger partial charge in [-0.15, -0.1) is 0 Å². The Morgan fingerprint density at radius 2 is 1.68 bits per heavy atom. The topological polar surface area (TPSA) is 88.7 Å². The zero-order valence-corrected chi connectivity index (χ0v) is 22.0. The van der Waals surface area contributed by atoms with Gasteiger partial charge in [-0.05, 0) is 36.2 Å². The van der Waals surface area contributed by atoms with Crippen LogP contribution in [0.5, 0.6) is 0 Å². The molecule has 0 radical (unpaired) electrons. The molecule has 0 bridgehead atoms. The summed E-state index contributed by atoms with van der Waals surface area (Å²) in [7, 11) is 3.27. The molecule has 9 heteroatoms. The molecular weight excluding hydrogens is 490 g/mol. The second kappa shape index (κ2) is 11.4. The molecule has 2 aromatic heterocycles. The molecule has 2 heterocycles. The minimum Gasteiger partial charge on any atom is -0.347 e. The highest BCUT2D eigenvalue weighted by Crippen LogP contribution is 2.25. The van der Waals surface area contributed by atoms with Crippen LogP contribution in [-0.4, -0.2) is 51.3 Å².